The van der Waals surface area contributed by atoms with Gasteiger partial charge in [-0.1, -0.05) is 31.4 Å². The fourth-order valence-electron chi connectivity index (χ4n) is 1.97. The number of nitrogens with one attached hydrogen (secondary N) is 1. The fraction of sp³-hybridized carbons (Fsp3) is 0.571. The van der Waals surface area contributed by atoms with E-state index in [0.717, 1.165) is 17.2 Å². The van der Waals surface area contributed by atoms with Gasteiger partial charge in [0.25, 0.3) is 0 Å². The Labute approximate surface area is 109 Å². The van der Waals surface area contributed by atoms with Crippen LogP contribution in [0, 0.1) is 0 Å². The normalized spacial score (nSPS) is 12.5. The number of halogens is 1. The first kappa shape index (κ1) is 14.3. The molecule has 0 saturated carbocycles. The molecule has 0 saturated heterocycles. The van der Waals surface area contributed by atoms with Crippen LogP contribution in [0.3, 0.4) is 0 Å². The van der Waals surface area contributed by atoms with E-state index in [1.54, 1.807) is 7.11 Å². The Hall–Kier alpha value is -0.730. The van der Waals surface area contributed by atoms with Crippen LogP contribution in [0.15, 0.2) is 18.2 Å². The van der Waals surface area contributed by atoms with Crippen molar-refractivity contribution in [2.24, 2.45) is 0 Å². The van der Waals surface area contributed by atoms with Crippen LogP contribution >= 0.6 is 11.6 Å². The second-order valence-electron chi connectivity index (χ2n) is 4.29. The molecular formula is C14H22ClNO. The zero-order chi connectivity index (χ0) is 12.7. The molecule has 0 aliphatic carbocycles. The number of ether oxygens (including phenoxy) is 1. The highest BCUT2D eigenvalue weighted by atomic mass is 35.5. The molecule has 1 aromatic rings. The Kier molecular flexibility index (Phi) is 6.38. The van der Waals surface area contributed by atoms with Gasteiger partial charge < -0.3 is 10.1 Å². The molecule has 0 aliphatic rings. The Balaban J connectivity index is 2.73. The van der Waals surface area contributed by atoms with Crippen LogP contribution in [-0.2, 0) is 6.42 Å². The highest BCUT2D eigenvalue weighted by molar-refractivity contribution is 6.30. The molecular weight excluding hydrogens is 234 g/mol. The number of hydrogen-bond acceptors (Lipinski definition) is 2. The number of benzene rings is 1. The van der Waals surface area contributed by atoms with Crippen molar-refractivity contribution in [1.82, 2.24) is 5.32 Å². The van der Waals surface area contributed by atoms with Crippen molar-refractivity contribution in [3.8, 4) is 5.75 Å². The SMILES string of the molecule is CCCCC(Cc1cc(Cl)ccc1OC)NC. The number of hydrogen-bond donors (Lipinski definition) is 1. The van der Waals surface area contributed by atoms with E-state index in [1.165, 1.54) is 24.8 Å². The van der Waals surface area contributed by atoms with E-state index in [2.05, 4.69) is 12.2 Å². The van der Waals surface area contributed by atoms with E-state index < -0.39 is 0 Å². The molecule has 0 heterocycles. The molecule has 1 unspecified atom stereocenters. The van der Waals surface area contributed by atoms with Gasteiger partial charge in [-0.25, -0.2) is 0 Å². The van der Waals surface area contributed by atoms with Crippen LogP contribution in [0.25, 0.3) is 0 Å². The van der Waals surface area contributed by atoms with Gasteiger partial charge >= 0.3 is 0 Å². The van der Waals surface area contributed by atoms with Crippen molar-refractivity contribution in [3.05, 3.63) is 28.8 Å². The lowest BCUT2D eigenvalue weighted by Crippen LogP contribution is -2.27. The summed E-state index contributed by atoms with van der Waals surface area (Å²) in [6.07, 6.45) is 4.61. The minimum absolute atomic E-state index is 0.488. The van der Waals surface area contributed by atoms with Crippen molar-refractivity contribution in [2.75, 3.05) is 14.2 Å². The van der Waals surface area contributed by atoms with Crippen LogP contribution in [0.4, 0.5) is 0 Å². The summed E-state index contributed by atoms with van der Waals surface area (Å²) in [6.45, 7) is 2.21. The molecule has 3 heteroatoms. The molecule has 0 amide bonds. The predicted octanol–water partition coefficient (Wildman–Crippen LogP) is 3.67. The summed E-state index contributed by atoms with van der Waals surface area (Å²) in [5, 5.41) is 4.13. The van der Waals surface area contributed by atoms with E-state index in [9.17, 15) is 0 Å². The Bertz CT molecular complexity index is 341. The third-order valence-electron chi connectivity index (χ3n) is 3.02. The van der Waals surface area contributed by atoms with Gasteiger partial charge in [0.15, 0.2) is 0 Å². The third-order valence-corrected chi connectivity index (χ3v) is 3.26. The molecule has 0 radical (unpaired) electrons. The number of unbranched alkanes of at least 4 members (excludes halogenated alkanes) is 1. The third kappa shape index (κ3) is 4.57. The van der Waals surface area contributed by atoms with Crippen molar-refractivity contribution in [2.45, 2.75) is 38.6 Å². The molecule has 17 heavy (non-hydrogen) atoms. The van der Waals surface area contributed by atoms with E-state index in [1.807, 2.05) is 25.2 Å². The van der Waals surface area contributed by atoms with Gasteiger partial charge in [0.1, 0.15) is 5.75 Å². The second kappa shape index (κ2) is 7.57. The first-order chi connectivity index (χ1) is 8.21. The van der Waals surface area contributed by atoms with Gasteiger partial charge in [-0.2, -0.15) is 0 Å². The van der Waals surface area contributed by atoms with Crippen molar-refractivity contribution < 1.29 is 4.74 Å². The minimum Gasteiger partial charge on any atom is -0.496 e. The maximum Gasteiger partial charge on any atom is 0.122 e. The van der Waals surface area contributed by atoms with Gasteiger partial charge in [-0.3, -0.25) is 0 Å². The number of rotatable bonds is 7. The lowest BCUT2D eigenvalue weighted by molar-refractivity contribution is 0.403. The average Bonchev–Trinajstić information content (AvgIpc) is 2.34. The molecule has 1 atom stereocenters. The number of methoxy groups -OCH3 is 1. The van der Waals surface area contributed by atoms with Gasteiger partial charge in [-0.15, -0.1) is 0 Å². The summed E-state index contributed by atoms with van der Waals surface area (Å²) >= 11 is 6.03. The Morgan fingerprint density at radius 2 is 2.18 bits per heavy atom. The molecule has 0 bridgehead atoms. The fourth-order valence-corrected chi connectivity index (χ4v) is 2.17. The van der Waals surface area contributed by atoms with Crippen molar-refractivity contribution in [3.63, 3.8) is 0 Å². The molecule has 2 nitrogen and oxygen atoms in total. The summed E-state index contributed by atoms with van der Waals surface area (Å²) in [7, 11) is 3.71. The van der Waals surface area contributed by atoms with Gasteiger partial charge in [0.05, 0.1) is 7.11 Å². The maximum absolute atomic E-state index is 6.03. The summed E-state index contributed by atoms with van der Waals surface area (Å²) in [6, 6.07) is 6.29. The largest absolute Gasteiger partial charge is 0.496 e. The summed E-state index contributed by atoms with van der Waals surface area (Å²) in [5.74, 6) is 0.922. The molecule has 0 aliphatic heterocycles. The molecule has 1 rings (SSSR count). The monoisotopic (exact) mass is 255 g/mol. The molecule has 1 aromatic carbocycles. The van der Waals surface area contributed by atoms with E-state index in [4.69, 9.17) is 16.3 Å². The van der Waals surface area contributed by atoms with Gasteiger partial charge in [-0.05, 0) is 43.7 Å². The number of likely N-dealkylation sites (N-methyl/N-ethyl adjacent to an activating group) is 1. The lowest BCUT2D eigenvalue weighted by Gasteiger charge is -2.17. The quantitative estimate of drug-likeness (QED) is 0.803. The highest BCUT2D eigenvalue weighted by Crippen LogP contribution is 2.24. The summed E-state index contributed by atoms with van der Waals surface area (Å²) < 4.78 is 5.36. The van der Waals surface area contributed by atoms with Gasteiger partial charge in [0.2, 0.25) is 0 Å². The lowest BCUT2D eigenvalue weighted by atomic mass is 10.0. The maximum atomic E-state index is 6.03. The van der Waals surface area contributed by atoms with Crippen molar-refractivity contribution >= 4 is 11.6 Å². The average molecular weight is 256 g/mol. The molecule has 0 aromatic heterocycles. The summed E-state index contributed by atoms with van der Waals surface area (Å²) in [5.41, 5.74) is 1.18. The zero-order valence-corrected chi connectivity index (χ0v) is 11.7. The molecule has 1 N–H and O–H groups in total. The first-order valence-corrected chi connectivity index (χ1v) is 6.58. The van der Waals surface area contributed by atoms with E-state index >= 15 is 0 Å². The predicted molar refractivity (Wildman–Crippen MR) is 74.1 cm³/mol. The molecule has 96 valence electrons. The van der Waals surface area contributed by atoms with E-state index in [0.29, 0.717) is 6.04 Å². The molecule has 0 spiro atoms. The standard InChI is InChI=1S/C14H22ClNO/c1-4-5-6-13(16-2)10-11-9-12(15)7-8-14(11)17-3/h7-9,13,16H,4-6,10H2,1-3H3. The van der Waals surface area contributed by atoms with Crippen LogP contribution in [0.1, 0.15) is 31.7 Å². The smallest absolute Gasteiger partial charge is 0.122 e. The van der Waals surface area contributed by atoms with Crippen LogP contribution in [0.2, 0.25) is 5.02 Å². The topological polar surface area (TPSA) is 21.3 Å². The second-order valence-corrected chi connectivity index (χ2v) is 4.72. The first-order valence-electron chi connectivity index (χ1n) is 6.21. The zero-order valence-electron chi connectivity index (χ0n) is 10.9. The summed E-state index contributed by atoms with van der Waals surface area (Å²) in [4.78, 5) is 0. The van der Waals surface area contributed by atoms with Crippen LogP contribution in [0.5, 0.6) is 5.75 Å². The Morgan fingerprint density at radius 3 is 2.76 bits per heavy atom. The van der Waals surface area contributed by atoms with Crippen molar-refractivity contribution in [1.29, 1.82) is 0 Å². The van der Waals surface area contributed by atoms with Crippen LogP contribution < -0.4 is 10.1 Å². The molecule has 0 fully saturated rings. The van der Waals surface area contributed by atoms with E-state index in [-0.39, 0.29) is 0 Å². The minimum atomic E-state index is 0.488. The van der Waals surface area contributed by atoms with Gasteiger partial charge in [0, 0.05) is 11.1 Å². The van der Waals surface area contributed by atoms with Crippen LogP contribution in [-0.4, -0.2) is 20.2 Å². The Morgan fingerprint density at radius 1 is 1.41 bits per heavy atom. The highest BCUT2D eigenvalue weighted by Gasteiger charge is 2.11.